The van der Waals surface area contributed by atoms with Crippen molar-refractivity contribution in [2.24, 2.45) is 0 Å². The third kappa shape index (κ3) is 5.54. The van der Waals surface area contributed by atoms with Crippen LogP contribution in [0.25, 0.3) is 0 Å². The zero-order chi connectivity index (χ0) is 23.1. The number of carbonyl (C=O) groups excluding carboxylic acids is 1. The topological polar surface area (TPSA) is 106 Å². The van der Waals surface area contributed by atoms with Crippen molar-refractivity contribution in [2.45, 2.75) is 84.3 Å². The van der Waals surface area contributed by atoms with Crippen molar-refractivity contribution in [2.75, 3.05) is 0 Å². The van der Waals surface area contributed by atoms with Gasteiger partial charge in [-0.1, -0.05) is 0 Å². The summed E-state index contributed by atoms with van der Waals surface area (Å²) >= 11 is 5.04. The minimum absolute atomic E-state index is 0.170. The molecule has 8 nitrogen and oxygen atoms in total. The first kappa shape index (κ1) is 24.2. The number of hydrazine groups is 1. The molecule has 2 rings (SSSR count). The summed E-state index contributed by atoms with van der Waals surface area (Å²) in [5.74, 6) is 0.757. The lowest BCUT2D eigenvalue weighted by molar-refractivity contribution is 0.0513. The first-order chi connectivity index (χ1) is 13.5. The maximum Gasteiger partial charge on any atom is 0.426 e. The van der Waals surface area contributed by atoms with Crippen LogP contribution in [0, 0.1) is 20.8 Å². The molecule has 0 bridgehead atoms. The van der Waals surface area contributed by atoms with Gasteiger partial charge in [0, 0.05) is 0 Å². The van der Waals surface area contributed by atoms with E-state index in [1.165, 1.54) is 0 Å². The maximum absolute atomic E-state index is 13.1. The zero-order valence-corrected chi connectivity index (χ0v) is 20.4. The summed E-state index contributed by atoms with van der Waals surface area (Å²) in [6.07, 6.45) is 0.734. The van der Waals surface area contributed by atoms with Crippen LogP contribution in [0.3, 0.4) is 0 Å². The van der Waals surface area contributed by atoms with Gasteiger partial charge in [-0.05, 0) is 103 Å². The van der Waals surface area contributed by atoms with Gasteiger partial charge in [0.2, 0.25) is 0 Å². The van der Waals surface area contributed by atoms with Crippen molar-refractivity contribution in [1.29, 1.82) is 0 Å². The molecule has 0 atom stereocenters. The van der Waals surface area contributed by atoms with Crippen LogP contribution in [0.2, 0.25) is 0 Å². The fourth-order valence-electron chi connectivity index (χ4n) is 3.36. The molecule has 0 fully saturated rings. The van der Waals surface area contributed by atoms with Gasteiger partial charge in [0.05, 0.1) is 4.90 Å². The summed E-state index contributed by atoms with van der Waals surface area (Å²) in [4.78, 5) is 11.9. The third-order valence-electron chi connectivity index (χ3n) is 4.84. The summed E-state index contributed by atoms with van der Waals surface area (Å²) in [7, 11) is -3.99. The Morgan fingerprint density at radius 2 is 1.70 bits per heavy atom. The van der Waals surface area contributed by atoms with Gasteiger partial charge < -0.3 is 9.47 Å². The van der Waals surface area contributed by atoms with Gasteiger partial charge in [-0.25, -0.2) is 18.6 Å². The minimum atomic E-state index is -3.99. The van der Waals surface area contributed by atoms with Crippen molar-refractivity contribution < 1.29 is 22.7 Å². The minimum Gasteiger partial charge on any atom is -0.487 e. The van der Waals surface area contributed by atoms with E-state index in [0.717, 1.165) is 29.7 Å². The molecule has 0 saturated heterocycles. The molecule has 1 amide bonds. The summed E-state index contributed by atoms with van der Waals surface area (Å²) in [5.41, 5.74) is 6.48. The molecule has 0 spiro atoms. The lowest BCUT2D eigenvalue weighted by Crippen LogP contribution is -2.49. The molecule has 3 N–H and O–H groups in total. The van der Waals surface area contributed by atoms with Gasteiger partial charge in [0.15, 0.2) is 5.11 Å². The number of amides is 1. The van der Waals surface area contributed by atoms with Crippen LogP contribution in [0.5, 0.6) is 5.75 Å². The number of nitrogens with one attached hydrogen (secondary N) is 3. The molecule has 10 heteroatoms. The molecule has 0 aromatic heterocycles. The van der Waals surface area contributed by atoms with Crippen molar-refractivity contribution in [3.63, 3.8) is 0 Å². The molecule has 1 aromatic rings. The van der Waals surface area contributed by atoms with Crippen LogP contribution < -0.4 is 20.3 Å². The smallest absolute Gasteiger partial charge is 0.426 e. The standard InChI is InChI=1S/C20H31N3O5S2/c1-11-12(2)16(13(3)14-9-10-20(7,8)27-15(11)14)30(25,26)23-17(29)21-22-18(24)28-19(4,5)6/h9-10H2,1-8H3,(H,22,24)(H2,21,23,29). The van der Waals surface area contributed by atoms with E-state index in [-0.39, 0.29) is 15.6 Å². The molecule has 0 radical (unpaired) electrons. The number of carbonyl (C=O) groups is 1. The van der Waals surface area contributed by atoms with Gasteiger partial charge in [-0.2, -0.15) is 0 Å². The Morgan fingerprint density at radius 3 is 2.27 bits per heavy atom. The third-order valence-corrected chi connectivity index (χ3v) is 6.80. The maximum atomic E-state index is 13.1. The normalized spacial score (nSPS) is 15.5. The lowest BCUT2D eigenvalue weighted by Gasteiger charge is -2.35. The molecule has 30 heavy (non-hydrogen) atoms. The van der Waals surface area contributed by atoms with Crippen LogP contribution in [-0.4, -0.2) is 30.8 Å². The highest BCUT2D eigenvalue weighted by Gasteiger charge is 2.33. The van der Waals surface area contributed by atoms with E-state index < -0.39 is 21.7 Å². The van der Waals surface area contributed by atoms with E-state index in [1.54, 1.807) is 34.6 Å². The quantitative estimate of drug-likeness (QED) is 0.462. The Labute approximate surface area is 184 Å². The van der Waals surface area contributed by atoms with Gasteiger partial charge in [-0.15, -0.1) is 0 Å². The fourth-order valence-corrected chi connectivity index (χ4v) is 5.22. The van der Waals surface area contributed by atoms with E-state index >= 15 is 0 Å². The predicted octanol–water partition coefficient (Wildman–Crippen LogP) is 3.31. The molecular formula is C20H31N3O5S2. The number of sulfonamides is 1. The number of benzene rings is 1. The number of hydrogen-bond acceptors (Lipinski definition) is 6. The summed E-state index contributed by atoms with van der Waals surface area (Å²) in [6, 6.07) is 0. The first-order valence-electron chi connectivity index (χ1n) is 9.67. The van der Waals surface area contributed by atoms with E-state index in [1.807, 2.05) is 20.8 Å². The van der Waals surface area contributed by atoms with Gasteiger partial charge in [0.1, 0.15) is 17.0 Å². The average Bonchev–Trinajstić information content (AvgIpc) is 2.55. The summed E-state index contributed by atoms with van der Waals surface area (Å²) in [6.45, 7) is 14.6. The second kappa shape index (κ2) is 8.22. The zero-order valence-electron chi connectivity index (χ0n) is 18.8. The Hall–Kier alpha value is -2.07. The van der Waals surface area contributed by atoms with E-state index in [2.05, 4.69) is 15.6 Å². The molecule has 168 valence electrons. The number of ether oxygens (including phenoxy) is 2. The van der Waals surface area contributed by atoms with Crippen LogP contribution in [-0.2, 0) is 21.2 Å². The van der Waals surface area contributed by atoms with Gasteiger partial charge in [0.25, 0.3) is 10.0 Å². The molecule has 0 saturated carbocycles. The highest BCUT2D eigenvalue weighted by molar-refractivity contribution is 7.92. The SMILES string of the molecule is Cc1c(C)c(S(=O)(=O)NC(=S)NNC(=O)OC(C)(C)C)c(C)c2c1OC(C)(C)CC2. The second-order valence-corrected chi connectivity index (χ2v) is 11.1. The second-order valence-electron chi connectivity index (χ2n) is 9.06. The fraction of sp³-hybridized carbons (Fsp3) is 0.600. The van der Waals surface area contributed by atoms with E-state index in [0.29, 0.717) is 11.1 Å². The molecular weight excluding hydrogens is 426 g/mol. The van der Waals surface area contributed by atoms with Crippen molar-refractivity contribution in [3.8, 4) is 5.75 Å². The van der Waals surface area contributed by atoms with Crippen LogP contribution in [0.4, 0.5) is 4.79 Å². The van der Waals surface area contributed by atoms with Crippen molar-refractivity contribution in [1.82, 2.24) is 15.6 Å². The Balaban J connectivity index is 2.25. The van der Waals surface area contributed by atoms with Gasteiger partial charge in [-0.3, -0.25) is 10.1 Å². The Bertz CT molecular complexity index is 979. The van der Waals surface area contributed by atoms with Crippen molar-refractivity contribution >= 4 is 33.4 Å². The van der Waals surface area contributed by atoms with Crippen LogP contribution in [0.1, 0.15) is 63.3 Å². The molecule has 1 aromatic carbocycles. The monoisotopic (exact) mass is 457 g/mol. The first-order valence-corrected chi connectivity index (χ1v) is 11.6. The molecule has 1 heterocycles. The highest BCUT2D eigenvalue weighted by atomic mass is 32.2. The highest BCUT2D eigenvalue weighted by Crippen LogP contribution is 2.42. The molecule has 1 aliphatic rings. The largest absolute Gasteiger partial charge is 0.487 e. The summed E-state index contributed by atoms with van der Waals surface area (Å²) in [5, 5.41) is -0.271. The van der Waals surface area contributed by atoms with Crippen molar-refractivity contribution in [3.05, 3.63) is 22.3 Å². The summed E-state index contributed by atoms with van der Waals surface area (Å²) < 4.78 is 39.7. The Kier molecular flexibility index (Phi) is 6.63. The lowest BCUT2D eigenvalue weighted by atomic mass is 9.88. The van der Waals surface area contributed by atoms with Crippen LogP contribution >= 0.6 is 12.2 Å². The van der Waals surface area contributed by atoms with E-state index in [9.17, 15) is 13.2 Å². The Morgan fingerprint density at radius 1 is 1.10 bits per heavy atom. The average molecular weight is 458 g/mol. The van der Waals surface area contributed by atoms with E-state index in [4.69, 9.17) is 21.7 Å². The predicted molar refractivity (Wildman–Crippen MR) is 119 cm³/mol. The molecule has 0 aliphatic carbocycles. The van der Waals surface area contributed by atoms with Gasteiger partial charge >= 0.3 is 6.09 Å². The van der Waals surface area contributed by atoms with Crippen LogP contribution in [0.15, 0.2) is 4.90 Å². The molecule has 1 aliphatic heterocycles. The number of thiocarbonyl (C=S) groups is 1. The number of fused-ring (bicyclic) bond motifs is 1. The number of hydrogen-bond donors (Lipinski definition) is 3. The number of rotatable bonds is 2. The molecule has 0 unspecified atom stereocenters.